The average Bonchev–Trinajstić information content (AvgIpc) is 1.25. The maximum absolute atomic E-state index is 5.03. The van der Waals surface area contributed by atoms with Crippen molar-refractivity contribution in [3.63, 3.8) is 0 Å². The minimum Gasteiger partial charge on any atom is -0.156 e. The molecule has 0 saturated carbocycles. The van der Waals surface area contributed by atoms with Gasteiger partial charge in [-0.25, -0.2) is 0 Å². The molecule has 0 unspecified atom stereocenters. The molecule has 0 amide bonds. The zero-order chi connectivity index (χ0) is 7.15. The van der Waals surface area contributed by atoms with Crippen molar-refractivity contribution in [1.29, 1.82) is 0 Å². The van der Waals surface area contributed by atoms with Crippen LogP contribution in [0.4, 0.5) is 0 Å². The first-order valence-corrected chi connectivity index (χ1v) is 5.55. The van der Waals surface area contributed by atoms with Crippen LogP contribution in [0.25, 0.3) is 0 Å². The van der Waals surface area contributed by atoms with Crippen molar-refractivity contribution in [2.45, 2.75) is 0 Å². The second kappa shape index (κ2) is 13.9. The molecular weight excluding hydrogens is 424 g/mol. The SMILES string of the molecule is ClB(Cl)I.ClB(Cl)I.[Li]. The summed E-state index contributed by atoms with van der Waals surface area (Å²) in [6, 6.07) is 0. The molecule has 0 aliphatic rings. The summed E-state index contributed by atoms with van der Waals surface area (Å²) in [5.74, 6) is 0. The Morgan fingerprint density at radius 2 is 0.778 bits per heavy atom. The molecule has 0 atom stereocenters. The second-order valence-electron chi connectivity index (χ2n) is 0.495. The minimum absolute atomic E-state index is 0. The standard InChI is InChI=1S/2BCl2I.Li/c2*2-1(3)4;. The largest absolute Gasteiger partial charge is 0.417 e. The maximum Gasteiger partial charge on any atom is 0.417 e. The third-order valence-electron chi connectivity index (χ3n) is 0. The van der Waals surface area contributed by atoms with Gasteiger partial charge in [-0.05, 0) is 0 Å². The zero-order valence-corrected chi connectivity index (χ0v) is 11.8. The summed E-state index contributed by atoms with van der Waals surface area (Å²) in [6.07, 6.45) is 0. The first-order valence-electron chi connectivity index (χ1n) is 1.31. The van der Waals surface area contributed by atoms with Crippen molar-refractivity contribution < 1.29 is 0 Å². The van der Waals surface area contributed by atoms with Crippen LogP contribution in [0.5, 0.6) is 0 Å². The van der Waals surface area contributed by atoms with Crippen LogP contribution in [-0.2, 0) is 0 Å². The van der Waals surface area contributed by atoms with Gasteiger partial charge < -0.3 is 0 Å². The quantitative estimate of drug-likeness (QED) is 0.413. The number of hydrogen-bond acceptors (Lipinski definition) is 0. The van der Waals surface area contributed by atoms with Crippen LogP contribution < -0.4 is 0 Å². The Kier molecular flexibility index (Phi) is 28.1. The summed E-state index contributed by atoms with van der Waals surface area (Å²) >= 11 is 23.9. The molecule has 0 fully saturated rings. The third kappa shape index (κ3) is 88.5. The third-order valence-corrected chi connectivity index (χ3v) is 0. The van der Waals surface area contributed by atoms with E-state index in [1.165, 1.54) is 0 Å². The van der Waals surface area contributed by atoms with E-state index >= 15 is 0 Å². The van der Waals surface area contributed by atoms with E-state index in [9.17, 15) is 0 Å². The van der Waals surface area contributed by atoms with E-state index in [1.54, 1.807) is 0 Å². The molecule has 0 aromatic heterocycles. The van der Waals surface area contributed by atoms with Crippen molar-refractivity contribution in [3.05, 3.63) is 0 Å². The van der Waals surface area contributed by atoms with Crippen molar-refractivity contribution in [3.8, 4) is 0 Å². The number of hydrogen-bond donors (Lipinski definition) is 0. The number of rotatable bonds is 0. The van der Waals surface area contributed by atoms with Gasteiger partial charge in [0.05, 0.1) is 0 Å². The summed E-state index contributed by atoms with van der Waals surface area (Å²) in [5, 5.41) is 0. The molecule has 9 heavy (non-hydrogen) atoms. The van der Waals surface area contributed by atoms with E-state index in [0.29, 0.717) is 0 Å². The summed E-state index contributed by atoms with van der Waals surface area (Å²) in [4.78, 5) is 0. The molecule has 9 heteroatoms. The van der Waals surface area contributed by atoms with Gasteiger partial charge in [0.15, 0.2) is 0 Å². The number of halogens is 6. The molecule has 0 bridgehead atoms. The fraction of sp³-hybridized carbons (Fsp3) is 0. The molecular formula is B2Cl4I2Li. The molecule has 49 valence electrons. The molecule has 0 spiro atoms. The normalized spacial score (nSPS) is 6.00. The maximum atomic E-state index is 5.03. The van der Waals surface area contributed by atoms with Gasteiger partial charge in [-0.3, -0.25) is 0 Å². The molecule has 0 heterocycles. The van der Waals surface area contributed by atoms with Crippen molar-refractivity contribution in [2.75, 3.05) is 0 Å². The second-order valence-corrected chi connectivity index (χ2v) is 8.12. The summed E-state index contributed by atoms with van der Waals surface area (Å²) in [7, 11) is 0. The van der Waals surface area contributed by atoms with E-state index in [-0.39, 0.29) is 25.7 Å². The predicted octanol–water partition coefficient (Wildman–Crippen LogP) is 3.39. The molecule has 0 nitrogen and oxygen atoms in total. The van der Waals surface area contributed by atoms with Gasteiger partial charge in [0.25, 0.3) is 0 Å². The summed E-state index contributed by atoms with van der Waals surface area (Å²) < 4.78 is -0.504. The Labute approximate surface area is 114 Å². The van der Waals surface area contributed by atoms with Gasteiger partial charge in [0.1, 0.15) is 0 Å². The molecule has 0 aliphatic carbocycles. The minimum atomic E-state index is -0.252. The molecule has 0 rings (SSSR count). The Morgan fingerprint density at radius 1 is 0.778 bits per heavy atom. The Balaban J connectivity index is -0.0000000720. The van der Waals surface area contributed by atoms with E-state index in [2.05, 4.69) is 0 Å². The topological polar surface area (TPSA) is 0 Å². The monoisotopic (exact) mass is 423 g/mol. The van der Waals surface area contributed by atoms with Gasteiger partial charge in [-0.2, -0.15) is 45.8 Å². The van der Waals surface area contributed by atoms with Crippen LogP contribution in [0.1, 0.15) is 0 Å². The molecule has 0 aliphatic heterocycles. The molecule has 0 saturated heterocycles. The Hall–Kier alpha value is 3.35. The summed E-state index contributed by atoms with van der Waals surface area (Å²) in [5.41, 5.74) is 0. The van der Waals surface area contributed by atoms with Gasteiger partial charge in [-0.1, -0.05) is 0 Å². The van der Waals surface area contributed by atoms with Crippen LogP contribution in [-0.4, -0.2) is 25.7 Å². The first-order chi connectivity index (χ1) is 3.46. The van der Waals surface area contributed by atoms with Crippen LogP contribution >= 0.6 is 90.6 Å². The van der Waals surface area contributed by atoms with Crippen molar-refractivity contribution in [1.82, 2.24) is 0 Å². The predicted molar refractivity (Wildman–Crippen MR) is 68.7 cm³/mol. The van der Waals surface area contributed by atoms with Gasteiger partial charge in [-0.15, -0.1) is 44.7 Å². The van der Waals surface area contributed by atoms with Crippen LogP contribution in [0.3, 0.4) is 0 Å². The van der Waals surface area contributed by atoms with E-state index < -0.39 is 0 Å². The van der Waals surface area contributed by atoms with Crippen LogP contribution in [0.2, 0.25) is 0 Å². The molecule has 0 N–H and O–H groups in total. The van der Waals surface area contributed by atoms with Gasteiger partial charge in [0, 0.05) is 18.9 Å². The Bertz CT molecular complexity index is 32.0. The van der Waals surface area contributed by atoms with Crippen LogP contribution in [0.15, 0.2) is 0 Å². The van der Waals surface area contributed by atoms with E-state index in [4.69, 9.17) is 45.8 Å². The van der Waals surface area contributed by atoms with E-state index in [1.807, 2.05) is 44.7 Å². The zero-order valence-electron chi connectivity index (χ0n) is 4.42. The average molecular weight is 424 g/mol. The summed E-state index contributed by atoms with van der Waals surface area (Å²) in [6.45, 7) is 0. The van der Waals surface area contributed by atoms with Crippen molar-refractivity contribution in [2.24, 2.45) is 0 Å². The Morgan fingerprint density at radius 3 is 0.778 bits per heavy atom. The molecule has 0 aromatic rings. The van der Waals surface area contributed by atoms with Gasteiger partial charge >= 0.3 is 6.80 Å². The van der Waals surface area contributed by atoms with Crippen LogP contribution in [0, 0.1) is 0 Å². The molecule has 0 aromatic carbocycles. The fourth-order valence-corrected chi connectivity index (χ4v) is 0. The fourth-order valence-electron chi connectivity index (χ4n) is 0. The first kappa shape index (κ1) is 18.2. The molecule has 1 radical (unpaired) electrons. The van der Waals surface area contributed by atoms with Crippen molar-refractivity contribution >= 4 is 116 Å². The van der Waals surface area contributed by atoms with Gasteiger partial charge in [0.2, 0.25) is 0 Å². The smallest absolute Gasteiger partial charge is 0.156 e. The van der Waals surface area contributed by atoms with E-state index in [0.717, 1.165) is 0 Å².